The molecule has 0 amide bonds. The van der Waals surface area contributed by atoms with Gasteiger partial charge in [-0.3, -0.25) is 0 Å². The van der Waals surface area contributed by atoms with Gasteiger partial charge in [-0.2, -0.15) is 4.98 Å². The lowest BCUT2D eigenvalue weighted by Gasteiger charge is -2.14. The minimum atomic E-state index is -0.0657. The molecule has 0 spiro atoms. The zero-order chi connectivity index (χ0) is 14.7. The summed E-state index contributed by atoms with van der Waals surface area (Å²) >= 11 is 0. The molecule has 1 atom stereocenters. The van der Waals surface area contributed by atoms with Gasteiger partial charge in [-0.25, -0.2) is 4.98 Å². The quantitative estimate of drug-likeness (QED) is 0.761. The molecule has 0 aliphatic heterocycles. The van der Waals surface area contributed by atoms with Crippen LogP contribution < -0.4 is 10.6 Å². The number of hydrogen-bond donors (Lipinski definition) is 3. The van der Waals surface area contributed by atoms with Crippen molar-refractivity contribution >= 4 is 17.5 Å². The van der Waals surface area contributed by atoms with E-state index in [4.69, 9.17) is 5.11 Å². The highest BCUT2D eigenvalue weighted by molar-refractivity contribution is 5.57. The highest BCUT2D eigenvalue weighted by atomic mass is 16.3. The Labute approximate surface area is 124 Å². The molecule has 3 rings (SSSR count). The third-order valence-electron chi connectivity index (χ3n) is 3.44. The molecule has 0 unspecified atom stereocenters. The molecule has 1 aromatic carbocycles. The molecule has 5 heteroatoms. The van der Waals surface area contributed by atoms with E-state index in [-0.39, 0.29) is 12.6 Å². The number of nitrogens with zero attached hydrogens (tertiary/aromatic N) is 2. The van der Waals surface area contributed by atoms with Crippen LogP contribution in [0.2, 0.25) is 0 Å². The molecule has 3 N–H and O–H groups in total. The maximum atomic E-state index is 9.16. The minimum Gasteiger partial charge on any atom is -0.394 e. The fourth-order valence-corrected chi connectivity index (χ4v) is 2.12. The molecular weight excluding hydrogens is 264 g/mol. The van der Waals surface area contributed by atoms with Crippen molar-refractivity contribution in [3.8, 4) is 0 Å². The lowest BCUT2D eigenvalue weighted by molar-refractivity contribution is 0.281. The summed E-state index contributed by atoms with van der Waals surface area (Å²) in [6, 6.07) is 11.9. The van der Waals surface area contributed by atoms with E-state index in [1.807, 2.05) is 43.3 Å². The largest absolute Gasteiger partial charge is 0.394 e. The Morgan fingerprint density at radius 2 is 2.00 bits per heavy atom. The summed E-state index contributed by atoms with van der Waals surface area (Å²) in [6.07, 6.45) is 2.38. The lowest BCUT2D eigenvalue weighted by Crippen LogP contribution is -2.21. The summed E-state index contributed by atoms with van der Waals surface area (Å²) in [5, 5.41) is 15.6. The van der Waals surface area contributed by atoms with E-state index in [0.29, 0.717) is 11.9 Å². The van der Waals surface area contributed by atoms with Crippen LogP contribution in [0, 0.1) is 0 Å². The summed E-state index contributed by atoms with van der Waals surface area (Å²) in [4.78, 5) is 9.03. The predicted molar refractivity (Wildman–Crippen MR) is 83.9 cm³/mol. The second-order valence-corrected chi connectivity index (χ2v) is 5.49. The van der Waals surface area contributed by atoms with Gasteiger partial charge >= 0.3 is 0 Å². The SMILES string of the molecule is C[C@H](CO)Nc1nc(Nc2ccccc2)cc(C2CC2)n1. The van der Waals surface area contributed by atoms with Gasteiger partial charge in [0.1, 0.15) is 5.82 Å². The van der Waals surface area contributed by atoms with Crippen molar-refractivity contribution in [1.29, 1.82) is 0 Å². The van der Waals surface area contributed by atoms with Crippen LogP contribution in [-0.4, -0.2) is 27.7 Å². The van der Waals surface area contributed by atoms with Crippen molar-refractivity contribution < 1.29 is 5.11 Å². The molecular formula is C16H20N4O. The number of aliphatic hydroxyl groups is 1. The number of anilines is 3. The molecule has 1 aliphatic carbocycles. The number of hydrogen-bond acceptors (Lipinski definition) is 5. The number of benzene rings is 1. The van der Waals surface area contributed by atoms with Gasteiger partial charge in [0.05, 0.1) is 12.3 Å². The summed E-state index contributed by atoms with van der Waals surface area (Å²) in [6.45, 7) is 1.95. The Morgan fingerprint density at radius 3 is 2.67 bits per heavy atom. The van der Waals surface area contributed by atoms with E-state index in [9.17, 15) is 0 Å². The van der Waals surface area contributed by atoms with Crippen LogP contribution in [0.25, 0.3) is 0 Å². The summed E-state index contributed by atoms with van der Waals surface area (Å²) in [7, 11) is 0. The van der Waals surface area contributed by atoms with Gasteiger partial charge in [0.25, 0.3) is 0 Å². The average molecular weight is 284 g/mol. The van der Waals surface area contributed by atoms with Crippen LogP contribution in [0.1, 0.15) is 31.4 Å². The van der Waals surface area contributed by atoms with Gasteiger partial charge in [0, 0.05) is 23.7 Å². The van der Waals surface area contributed by atoms with Gasteiger partial charge in [0.15, 0.2) is 0 Å². The molecule has 1 heterocycles. The Balaban J connectivity index is 1.84. The standard InChI is InChI=1S/C16H20N4O/c1-11(10-21)17-16-19-14(12-7-8-12)9-15(20-16)18-13-5-3-2-4-6-13/h2-6,9,11-12,21H,7-8,10H2,1H3,(H2,17,18,19,20)/t11-/m1/s1. The third kappa shape index (κ3) is 3.70. The van der Waals surface area contributed by atoms with Gasteiger partial charge in [0.2, 0.25) is 5.95 Å². The van der Waals surface area contributed by atoms with Crippen molar-refractivity contribution in [3.05, 3.63) is 42.1 Å². The molecule has 2 aromatic rings. The first-order valence-corrected chi connectivity index (χ1v) is 7.33. The molecule has 0 radical (unpaired) electrons. The van der Waals surface area contributed by atoms with Crippen LogP contribution in [0.3, 0.4) is 0 Å². The zero-order valence-electron chi connectivity index (χ0n) is 12.1. The van der Waals surface area contributed by atoms with Gasteiger partial charge < -0.3 is 15.7 Å². The average Bonchev–Trinajstić information content (AvgIpc) is 3.32. The lowest BCUT2D eigenvalue weighted by atomic mass is 10.2. The highest BCUT2D eigenvalue weighted by Gasteiger charge is 2.26. The maximum Gasteiger partial charge on any atom is 0.225 e. The first-order valence-electron chi connectivity index (χ1n) is 7.33. The Morgan fingerprint density at radius 1 is 1.24 bits per heavy atom. The molecule has 0 saturated heterocycles. The van der Waals surface area contributed by atoms with Crippen LogP contribution in [0.4, 0.5) is 17.5 Å². The minimum absolute atomic E-state index is 0.0540. The predicted octanol–water partition coefficient (Wildman–Crippen LogP) is 2.89. The molecule has 1 fully saturated rings. The molecule has 1 saturated carbocycles. The molecule has 110 valence electrons. The van der Waals surface area contributed by atoms with Crippen molar-refractivity contribution in [2.24, 2.45) is 0 Å². The summed E-state index contributed by atoms with van der Waals surface area (Å²) in [5.41, 5.74) is 2.06. The van der Waals surface area contributed by atoms with Crippen LogP contribution in [-0.2, 0) is 0 Å². The van der Waals surface area contributed by atoms with E-state index in [1.165, 1.54) is 12.8 Å². The van der Waals surface area contributed by atoms with Crippen molar-refractivity contribution in [3.63, 3.8) is 0 Å². The second-order valence-electron chi connectivity index (χ2n) is 5.49. The molecule has 1 aliphatic rings. The van der Waals surface area contributed by atoms with Gasteiger partial charge in [-0.15, -0.1) is 0 Å². The van der Waals surface area contributed by atoms with E-state index >= 15 is 0 Å². The topological polar surface area (TPSA) is 70.1 Å². The van der Waals surface area contributed by atoms with E-state index in [1.54, 1.807) is 0 Å². The fourth-order valence-electron chi connectivity index (χ4n) is 2.12. The van der Waals surface area contributed by atoms with Crippen molar-refractivity contribution in [2.45, 2.75) is 31.7 Å². The van der Waals surface area contributed by atoms with Gasteiger partial charge in [-0.1, -0.05) is 18.2 Å². The first kappa shape index (κ1) is 13.8. The number of rotatable bonds is 6. The van der Waals surface area contributed by atoms with E-state index < -0.39 is 0 Å². The molecule has 21 heavy (non-hydrogen) atoms. The number of nitrogens with one attached hydrogen (secondary N) is 2. The number of aliphatic hydroxyl groups excluding tert-OH is 1. The Hall–Kier alpha value is -2.14. The monoisotopic (exact) mass is 284 g/mol. The van der Waals surface area contributed by atoms with E-state index in [2.05, 4.69) is 20.6 Å². The number of aromatic nitrogens is 2. The highest BCUT2D eigenvalue weighted by Crippen LogP contribution is 2.40. The van der Waals surface area contributed by atoms with Crippen LogP contribution in [0.15, 0.2) is 36.4 Å². The fraction of sp³-hybridized carbons (Fsp3) is 0.375. The molecule has 1 aromatic heterocycles. The normalized spacial score (nSPS) is 15.5. The second kappa shape index (κ2) is 6.10. The van der Waals surface area contributed by atoms with Crippen molar-refractivity contribution in [1.82, 2.24) is 9.97 Å². The Kier molecular flexibility index (Phi) is 4.01. The molecule has 5 nitrogen and oxygen atoms in total. The summed E-state index contributed by atoms with van der Waals surface area (Å²) in [5.74, 6) is 1.90. The smallest absolute Gasteiger partial charge is 0.225 e. The van der Waals surface area contributed by atoms with Crippen LogP contribution in [0.5, 0.6) is 0 Å². The zero-order valence-corrected chi connectivity index (χ0v) is 12.1. The van der Waals surface area contributed by atoms with Crippen molar-refractivity contribution in [2.75, 3.05) is 17.2 Å². The third-order valence-corrected chi connectivity index (χ3v) is 3.44. The maximum absolute atomic E-state index is 9.16. The first-order chi connectivity index (χ1) is 10.2. The van der Waals surface area contributed by atoms with Crippen LogP contribution >= 0.6 is 0 Å². The van der Waals surface area contributed by atoms with E-state index in [0.717, 1.165) is 17.2 Å². The van der Waals surface area contributed by atoms with Gasteiger partial charge in [-0.05, 0) is 31.9 Å². The summed E-state index contributed by atoms with van der Waals surface area (Å²) < 4.78 is 0. The Bertz CT molecular complexity index is 598. The molecule has 0 bridgehead atoms. The number of para-hydroxylation sites is 1.